The number of nitrogens with two attached hydrogens (primary N) is 1. The molecule has 1 heterocycles. The number of nitrogens with zero attached hydrogens (tertiary/aromatic N) is 2. The average Bonchev–Trinajstić information content (AvgIpc) is 2.93. The van der Waals surface area contributed by atoms with Gasteiger partial charge in [-0.2, -0.15) is 0 Å². The summed E-state index contributed by atoms with van der Waals surface area (Å²) in [6, 6.07) is 4.10. The van der Waals surface area contributed by atoms with Crippen LogP contribution >= 0.6 is 0 Å². The van der Waals surface area contributed by atoms with Crippen LogP contribution in [0.2, 0.25) is 0 Å². The molecule has 14 heavy (non-hydrogen) atoms. The fourth-order valence-corrected chi connectivity index (χ4v) is 1.58. The van der Waals surface area contributed by atoms with Crippen LogP contribution in [0.25, 0.3) is 0 Å². The summed E-state index contributed by atoms with van der Waals surface area (Å²) in [4.78, 5) is 0. The van der Waals surface area contributed by atoms with Gasteiger partial charge in [-0.15, -0.1) is 10.2 Å². The van der Waals surface area contributed by atoms with Gasteiger partial charge in [0.05, 0.1) is 0 Å². The maximum Gasteiger partial charge on any atom is 0.149 e. The Morgan fingerprint density at radius 2 is 2.29 bits per heavy atom. The maximum absolute atomic E-state index is 5.45. The molecule has 1 aromatic heterocycles. The molecule has 0 saturated heterocycles. The number of nitrogen functional groups attached to an aromatic ring is 1. The summed E-state index contributed by atoms with van der Waals surface area (Å²) in [5, 5.41) is 11.1. The summed E-state index contributed by atoms with van der Waals surface area (Å²) in [6.45, 7) is 2.18. The molecular formula is C10H16N4. The Morgan fingerprint density at radius 3 is 2.86 bits per heavy atom. The van der Waals surface area contributed by atoms with Gasteiger partial charge >= 0.3 is 0 Å². The van der Waals surface area contributed by atoms with Crippen molar-refractivity contribution in [1.29, 1.82) is 0 Å². The molecule has 1 fully saturated rings. The van der Waals surface area contributed by atoms with E-state index in [-0.39, 0.29) is 0 Å². The Labute approximate surface area is 83.9 Å². The standard InChI is InChI=1S/C10H16N4/c1-7(6-8-2-3-8)12-10-5-4-9(11)13-14-10/h4-5,7-8H,2-3,6H2,1H3,(H2,11,13)(H,12,14). The van der Waals surface area contributed by atoms with Gasteiger partial charge in [0, 0.05) is 6.04 Å². The topological polar surface area (TPSA) is 63.8 Å². The Kier molecular flexibility index (Phi) is 2.52. The molecule has 1 aromatic rings. The zero-order chi connectivity index (χ0) is 9.97. The van der Waals surface area contributed by atoms with E-state index in [9.17, 15) is 0 Å². The Hall–Kier alpha value is -1.32. The van der Waals surface area contributed by atoms with E-state index >= 15 is 0 Å². The Bertz CT molecular complexity index is 291. The van der Waals surface area contributed by atoms with E-state index in [0.717, 1.165) is 11.7 Å². The number of hydrogen-bond acceptors (Lipinski definition) is 4. The highest BCUT2D eigenvalue weighted by molar-refractivity contribution is 5.38. The van der Waals surface area contributed by atoms with Gasteiger partial charge in [0.2, 0.25) is 0 Å². The normalized spacial score (nSPS) is 17.8. The molecule has 1 atom stereocenters. The largest absolute Gasteiger partial charge is 0.382 e. The highest BCUT2D eigenvalue weighted by Crippen LogP contribution is 2.33. The van der Waals surface area contributed by atoms with Crippen molar-refractivity contribution in [3.63, 3.8) is 0 Å². The van der Waals surface area contributed by atoms with Crippen molar-refractivity contribution in [2.24, 2.45) is 5.92 Å². The minimum Gasteiger partial charge on any atom is -0.382 e. The smallest absolute Gasteiger partial charge is 0.149 e. The number of anilines is 2. The molecule has 4 nitrogen and oxygen atoms in total. The van der Waals surface area contributed by atoms with Gasteiger partial charge in [-0.05, 0) is 31.4 Å². The van der Waals surface area contributed by atoms with E-state index in [2.05, 4.69) is 22.4 Å². The highest BCUT2D eigenvalue weighted by Gasteiger charge is 2.23. The number of aromatic nitrogens is 2. The molecule has 1 unspecified atom stereocenters. The predicted octanol–water partition coefficient (Wildman–Crippen LogP) is 1.66. The first-order valence-electron chi connectivity index (χ1n) is 5.10. The van der Waals surface area contributed by atoms with E-state index in [0.29, 0.717) is 11.9 Å². The van der Waals surface area contributed by atoms with Gasteiger partial charge < -0.3 is 11.1 Å². The van der Waals surface area contributed by atoms with Crippen molar-refractivity contribution in [2.45, 2.75) is 32.2 Å². The fraction of sp³-hybridized carbons (Fsp3) is 0.600. The van der Waals surface area contributed by atoms with Gasteiger partial charge in [0.1, 0.15) is 11.6 Å². The SMILES string of the molecule is CC(CC1CC1)Nc1ccc(N)nn1. The van der Waals surface area contributed by atoms with Crippen molar-refractivity contribution in [3.8, 4) is 0 Å². The number of hydrogen-bond donors (Lipinski definition) is 2. The van der Waals surface area contributed by atoms with Gasteiger partial charge in [-0.3, -0.25) is 0 Å². The van der Waals surface area contributed by atoms with Crippen LogP contribution in [0.4, 0.5) is 11.6 Å². The van der Waals surface area contributed by atoms with Crippen molar-refractivity contribution in [3.05, 3.63) is 12.1 Å². The first-order valence-corrected chi connectivity index (χ1v) is 5.10. The summed E-state index contributed by atoms with van der Waals surface area (Å²) in [5.41, 5.74) is 5.45. The fourth-order valence-electron chi connectivity index (χ4n) is 1.58. The molecule has 76 valence electrons. The molecule has 2 rings (SSSR count). The summed E-state index contributed by atoms with van der Waals surface area (Å²) < 4.78 is 0. The van der Waals surface area contributed by atoms with Crippen LogP contribution in [0.1, 0.15) is 26.2 Å². The first-order chi connectivity index (χ1) is 6.74. The van der Waals surface area contributed by atoms with Crippen LogP contribution in [-0.2, 0) is 0 Å². The third-order valence-electron chi connectivity index (χ3n) is 2.46. The predicted molar refractivity (Wildman–Crippen MR) is 56.9 cm³/mol. The molecule has 0 bridgehead atoms. The molecule has 1 aliphatic rings. The van der Waals surface area contributed by atoms with Crippen LogP contribution in [-0.4, -0.2) is 16.2 Å². The van der Waals surface area contributed by atoms with Crippen LogP contribution < -0.4 is 11.1 Å². The first kappa shape index (κ1) is 9.24. The molecule has 0 amide bonds. The number of nitrogens with one attached hydrogen (secondary N) is 1. The molecule has 0 aliphatic heterocycles. The van der Waals surface area contributed by atoms with E-state index < -0.39 is 0 Å². The van der Waals surface area contributed by atoms with Crippen molar-refractivity contribution in [1.82, 2.24) is 10.2 Å². The molecule has 1 saturated carbocycles. The second-order valence-corrected chi connectivity index (χ2v) is 4.07. The van der Waals surface area contributed by atoms with E-state index in [1.54, 1.807) is 6.07 Å². The molecule has 3 N–H and O–H groups in total. The Balaban J connectivity index is 1.85. The summed E-state index contributed by atoms with van der Waals surface area (Å²) >= 11 is 0. The minimum absolute atomic E-state index is 0.463. The lowest BCUT2D eigenvalue weighted by Crippen LogP contribution is -2.17. The van der Waals surface area contributed by atoms with Crippen molar-refractivity contribution < 1.29 is 0 Å². The van der Waals surface area contributed by atoms with Crippen LogP contribution in [0, 0.1) is 5.92 Å². The molecule has 0 aromatic carbocycles. The zero-order valence-electron chi connectivity index (χ0n) is 8.40. The minimum atomic E-state index is 0.463. The molecule has 1 aliphatic carbocycles. The van der Waals surface area contributed by atoms with Crippen LogP contribution in [0.5, 0.6) is 0 Å². The lowest BCUT2D eigenvalue weighted by atomic mass is 10.1. The summed E-state index contributed by atoms with van der Waals surface area (Å²) in [6.07, 6.45) is 4.00. The molecule has 0 spiro atoms. The molecule has 4 heteroatoms. The quantitative estimate of drug-likeness (QED) is 0.761. The van der Waals surface area contributed by atoms with E-state index in [1.807, 2.05) is 6.07 Å². The third-order valence-corrected chi connectivity index (χ3v) is 2.46. The van der Waals surface area contributed by atoms with Crippen LogP contribution in [0.15, 0.2) is 12.1 Å². The van der Waals surface area contributed by atoms with Crippen LogP contribution in [0.3, 0.4) is 0 Å². The lowest BCUT2D eigenvalue weighted by Gasteiger charge is -2.12. The zero-order valence-corrected chi connectivity index (χ0v) is 8.40. The van der Waals surface area contributed by atoms with Gasteiger partial charge in [-0.1, -0.05) is 12.8 Å². The number of rotatable bonds is 4. The summed E-state index contributed by atoms with van der Waals surface area (Å²) in [5.74, 6) is 2.21. The van der Waals surface area contributed by atoms with Gasteiger partial charge in [0.25, 0.3) is 0 Å². The highest BCUT2D eigenvalue weighted by atomic mass is 15.2. The van der Waals surface area contributed by atoms with Crippen molar-refractivity contribution >= 4 is 11.6 Å². The van der Waals surface area contributed by atoms with Gasteiger partial charge in [-0.25, -0.2) is 0 Å². The van der Waals surface area contributed by atoms with Gasteiger partial charge in [0.15, 0.2) is 0 Å². The monoisotopic (exact) mass is 192 g/mol. The van der Waals surface area contributed by atoms with E-state index in [1.165, 1.54) is 19.3 Å². The molecule has 0 radical (unpaired) electrons. The second-order valence-electron chi connectivity index (χ2n) is 4.07. The third kappa shape index (κ3) is 2.58. The average molecular weight is 192 g/mol. The Morgan fingerprint density at radius 1 is 1.50 bits per heavy atom. The van der Waals surface area contributed by atoms with E-state index in [4.69, 9.17) is 5.73 Å². The lowest BCUT2D eigenvalue weighted by molar-refractivity contribution is 0.639. The second kappa shape index (κ2) is 3.82. The summed E-state index contributed by atoms with van der Waals surface area (Å²) in [7, 11) is 0. The van der Waals surface area contributed by atoms with Crippen molar-refractivity contribution in [2.75, 3.05) is 11.1 Å². The molecular weight excluding hydrogens is 176 g/mol. The maximum atomic E-state index is 5.45.